The summed E-state index contributed by atoms with van der Waals surface area (Å²) in [5.74, 6) is -2.26. The fraction of sp³-hybridized carbons (Fsp3) is 0.914. The number of esters is 2. The maximum absolute atomic E-state index is 12.9. The minimum atomic E-state index is -1.62. The van der Waals surface area contributed by atoms with Gasteiger partial charge in [0.25, 0.3) is 0 Å². The maximum Gasteiger partial charge on any atom is 0.306 e. The number of carbonyl (C=O) groups is 3. The van der Waals surface area contributed by atoms with Gasteiger partial charge in [0.05, 0.1) is 40.3 Å². The number of hydrogen-bond acceptors (Lipinski definition) is 8. The molecule has 0 spiro atoms. The molecule has 0 heterocycles. The molecule has 0 bridgehead atoms. The van der Waals surface area contributed by atoms with Crippen molar-refractivity contribution < 1.29 is 42.9 Å². The number of carbonyl (C=O) groups excluding carboxylic acids is 3. The van der Waals surface area contributed by atoms with E-state index in [1.54, 1.807) is 0 Å². The molecule has 0 aromatic heterocycles. The molecule has 0 saturated heterocycles. The number of nitrogens with zero attached hydrogens (tertiary/aromatic N) is 1. The third-order valence-electron chi connectivity index (χ3n) is 13.0. The Morgan fingerprint density at radius 2 is 0.761 bits per heavy atom. The summed E-state index contributed by atoms with van der Waals surface area (Å²) >= 11 is 0. The number of carboxylic acid groups (broad SMARTS) is 1. The average molecular weight is 951 g/mol. The Hall–Kier alpha value is -1.97. The van der Waals surface area contributed by atoms with Gasteiger partial charge < -0.3 is 33.3 Å². The van der Waals surface area contributed by atoms with Gasteiger partial charge in [0, 0.05) is 12.8 Å². The lowest BCUT2D eigenvalue weighted by molar-refractivity contribution is -0.870. The van der Waals surface area contributed by atoms with Crippen LogP contribution in [0, 0.1) is 0 Å². The third-order valence-corrected chi connectivity index (χ3v) is 13.0. The highest BCUT2D eigenvalue weighted by atomic mass is 16.7. The van der Waals surface area contributed by atoms with Crippen molar-refractivity contribution in [3.8, 4) is 0 Å². The molecule has 0 rings (SSSR count). The van der Waals surface area contributed by atoms with Gasteiger partial charge in [-0.3, -0.25) is 9.59 Å². The molecule has 0 aliphatic carbocycles. The van der Waals surface area contributed by atoms with Gasteiger partial charge >= 0.3 is 11.9 Å². The molecule has 0 fully saturated rings. The number of rotatable bonds is 54. The Labute approximate surface area is 415 Å². The normalized spacial score (nSPS) is 12.8. The van der Waals surface area contributed by atoms with Crippen LogP contribution in [-0.4, -0.2) is 82.3 Å². The van der Waals surface area contributed by atoms with Crippen molar-refractivity contribution in [3.63, 3.8) is 0 Å². The molecule has 0 saturated carbocycles. The first-order valence-corrected chi connectivity index (χ1v) is 28.8. The Morgan fingerprint density at radius 1 is 0.433 bits per heavy atom. The number of likely N-dealkylation sites (N-methyl/N-ethyl adjacent to an activating group) is 1. The number of unbranched alkanes of at least 4 members (excludes halogenated alkanes) is 37. The van der Waals surface area contributed by atoms with E-state index >= 15 is 0 Å². The molecule has 2 unspecified atom stereocenters. The molecular weight excluding hydrogens is 839 g/mol. The average Bonchev–Trinajstić information content (AvgIpc) is 3.29. The van der Waals surface area contributed by atoms with E-state index in [1.165, 1.54) is 218 Å². The number of carboxylic acids is 1. The van der Waals surface area contributed by atoms with Crippen molar-refractivity contribution in [2.24, 2.45) is 0 Å². The standard InChI is InChI=1S/C58H111NO8/c1-6-8-10-12-14-16-18-20-22-24-25-26-27-28-29-30-31-33-35-37-39-41-43-45-47-49-56(61)67-54(53-66-58(57(62)63)64-51-50-59(3,4)5)52-65-55(60)48-46-44-42-40-38-36-34-32-23-21-19-17-15-13-11-9-7-2/h24-25,54,58H,6-23,26-53H2,1-5H3/b25-24-. The lowest BCUT2D eigenvalue weighted by Gasteiger charge is -2.26. The van der Waals surface area contributed by atoms with Crippen LogP contribution in [0.1, 0.15) is 284 Å². The summed E-state index contributed by atoms with van der Waals surface area (Å²) in [5.41, 5.74) is 0. The van der Waals surface area contributed by atoms with Crippen molar-refractivity contribution >= 4 is 17.9 Å². The molecule has 0 aliphatic rings. The third kappa shape index (κ3) is 51.7. The lowest BCUT2D eigenvalue weighted by Crippen LogP contribution is -2.44. The summed E-state index contributed by atoms with van der Waals surface area (Å²) < 4.78 is 22.7. The van der Waals surface area contributed by atoms with Crippen LogP contribution in [-0.2, 0) is 33.3 Å². The highest BCUT2D eigenvalue weighted by Gasteiger charge is 2.22. The monoisotopic (exact) mass is 950 g/mol. The number of allylic oxidation sites excluding steroid dienone is 2. The number of ether oxygens (including phenoxy) is 4. The molecule has 396 valence electrons. The molecule has 2 atom stereocenters. The molecule has 0 radical (unpaired) electrons. The van der Waals surface area contributed by atoms with Crippen LogP contribution in [0.2, 0.25) is 0 Å². The molecule has 67 heavy (non-hydrogen) atoms. The van der Waals surface area contributed by atoms with Crippen molar-refractivity contribution in [1.82, 2.24) is 0 Å². The molecule has 0 aromatic carbocycles. The summed E-state index contributed by atoms with van der Waals surface area (Å²) in [7, 11) is 5.93. The molecule has 9 heteroatoms. The van der Waals surface area contributed by atoms with Crippen LogP contribution in [0.4, 0.5) is 0 Å². The van der Waals surface area contributed by atoms with Gasteiger partial charge in [-0.2, -0.15) is 0 Å². The Morgan fingerprint density at radius 3 is 1.10 bits per heavy atom. The van der Waals surface area contributed by atoms with E-state index < -0.39 is 24.3 Å². The van der Waals surface area contributed by atoms with E-state index in [4.69, 9.17) is 18.9 Å². The first-order valence-electron chi connectivity index (χ1n) is 28.8. The Kier molecular flexibility index (Phi) is 48.9. The van der Waals surface area contributed by atoms with Crippen molar-refractivity contribution in [2.45, 2.75) is 296 Å². The van der Waals surface area contributed by atoms with Gasteiger partial charge in [-0.1, -0.05) is 244 Å². The van der Waals surface area contributed by atoms with Crippen molar-refractivity contribution in [1.29, 1.82) is 0 Å². The first-order chi connectivity index (χ1) is 32.6. The largest absolute Gasteiger partial charge is 0.545 e. The van der Waals surface area contributed by atoms with Crippen LogP contribution in [0.25, 0.3) is 0 Å². The van der Waals surface area contributed by atoms with Gasteiger partial charge in [-0.25, -0.2) is 0 Å². The van der Waals surface area contributed by atoms with E-state index in [0.29, 0.717) is 17.4 Å². The summed E-state index contributed by atoms with van der Waals surface area (Å²) in [6.45, 7) is 4.80. The van der Waals surface area contributed by atoms with E-state index in [2.05, 4.69) is 26.0 Å². The molecule has 0 aliphatic heterocycles. The van der Waals surface area contributed by atoms with Crippen molar-refractivity contribution in [3.05, 3.63) is 12.2 Å². The molecular formula is C58H111NO8. The minimum Gasteiger partial charge on any atom is -0.545 e. The second-order valence-corrected chi connectivity index (χ2v) is 20.9. The minimum absolute atomic E-state index is 0.152. The second kappa shape index (κ2) is 50.4. The SMILES string of the molecule is CCCCCCCCCC/C=C\CCCCCCCCCCCCCCCC(=O)OC(COC(=O)CCCCCCCCCCCCCCCCCCC)COC(OCC[N+](C)(C)C)C(=O)[O-]. The Bertz CT molecular complexity index is 1110. The van der Waals surface area contributed by atoms with Crippen molar-refractivity contribution in [2.75, 3.05) is 47.5 Å². The zero-order valence-electron chi connectivity index (χ0n) is 45.0. The zero-order valence-corrected chi connectivity index (χ0v) is 45.0. The lowest BCUT2D eigenvalue weighted by atomic mass is 10.0. The van der Waals surface area contributed by atoms with E-state index in [9.17, 15) is 19.5 Å². The van der Waals surface area contributed by atoms with Crippen LogP contribution < -0.4 is 5.11 Å². The predicted molar refractivity (Wildman–Crippen MR) is 279 cm³/mol. The summed E-state index contributed by atoms with van der Waals surface area (Å²) in [6, 6.07) is 0. The van der Waals surface area contributed by atoms with Crippen LogP contribution in [0.3, 0.4) is 0 Å². The van der Waals surface area contributed by atoms with Gasteiger partial charge in [0.15, 0.2) is 12.4 Å². The van der Waals surface area contributed by atoms with E-state index in [-0.39, 0.29) is 32.2 Å². The smallest absolute Gasteiger partial charge is 0.306 e. The number of hydrogen-bond donors (Lipinski definition) is 0. The van der Waals surface area contributed by atoms with Gasteiger partial charge in [0.2, 0.25) is 0 Å². The predicted octanol–water partition coefficient (Wildman–Crippen LogP) is 15.2. The molecule has 9 nitrogen and oxygen atoms in total. The fourth-order valence-electron chi connectivity index (χ4n) is 8.53. The summed E-state index contributed by atoms with van der Waals surface area (Å²) in [6.07, 6.45) is 54.0. The van der Waals surface area contributed by atoms with Crippen LogP contribution in [0.15, 0.2) is 12.2 Å². The van der Waals surface area contributed by atoms with Gasteiger partial charge in [0.1, 0.15) is 13.2 Å². The molecule has 0 amide bonds. The quantitative estimate of drug-likeness (QED) is 0.0195. The van der Waals surface area contributed by atoms with E-state index in [1.807, 2.05) is 21.1 Å². The zero-order chi connectivity index (χ0) is 49.2. The van der Waals surface area contributed by atoms with Crippen LogP contribution in [0.5, 0.6) is 0 Å². The highest BCUT2D eigenvalue weighted by Crippen LogP contribution is 2.17. The van der Waals surface area contributed by atoms with Gasteiger partial charge in [-0.15, -0.1) is 0 Å². The van der Waals surface area contributed by atoms with Gasteiger partial charge in [-0.05, 0) is 38.5 Å². The fourth-order valence-corrected chi connectivity index (χ4v) is 8.53. The van der Waals surface area contributed by atoms with Crippen LogP contribution >= 0.6 is 0 Å². The van der Waals surface area contributed by atoms with E-state index in [0.717, 1.165) is 38.5 Å². The molecule has 0 N–H and O–H groups in total. The summed E-state index contributed by atoms with van der Waals surface area (Å²) in [5, 5.41) is 11.8. The number of aliphatic carboxylic acids is 1. The topological polar surface area (TPSA) is 111 Å². The molecule has 0 aromatic rings. The first kappa shape index (κ1) is 65.0. The highest BCUT2D eigenvalue weighted by molar-refractivity contribution is 5.70. The number of quaternary nitrogens is 1. The maximum atomic E-state index is 12.9. The second-order valence-electron chi connectivity index (χ2n) is 20.9. The Balaban J connectivity index is 4.19. The summed E-state index contributed by atoms with van der Waals surface area (Å²) in [4.78, 5) is 37.2.